The zero-order valence-electron chi connectivity index (χ0n) is 7.93. The highest BCUT2D eigenvalue weighted by Gasteiger charge is 2.14. The summed E-state index contributed by atoms with van der Waals surface area (Å²) in [6.07, 6.45) is -0.547. The van der Waals surface area contributed by atoms with Crippen molar-refractivity contribution < 1.29 is 9.50 Å². The summed E-state index contributed by atoms with van der Waals surface area (Å²) in [6.45, 7) is 1.92. The van der Waals surface area contributed by atoms with Gasteiger partial charge >= 0.3 is 0 Å². The molecule has 0 aliphatic heterocycles. The van der Waals surface area contributed by atoms with Gasteiger partial charge < -0.3 is 10.8 Å². The average Bonchev–Trinajstić information content (AvgIpc) is 2.11. The van der Waals surface area contributed by atoms with E-state index in [4.69, 9.17) is 17.3 Å². The van der Waals surface area contributed by atoms with Gasteiger partial charge in [0.05, 0.1) is 6.10 Å². The van der Waals surface area contributed by atoms with Crippen LogP contribution in [0.25, 0.3) is 0 Å². The molecule has 0 amide bonds. The maximum atomic E-state index is 13.5. The van der Waals surface area contributed by atoms with Crippen molar-refractivity contribution in [2.24, 2.45) is 5.73 Å². The summed E-state index contributed by atoms with van der Waals surface area (Å²) in [6, 6.07) is 2.96. The summed E-state index contributed by atoms with van der Waals surface area (Å²) in [7, 11) is 0. The third kappa shape index (κ3) is 2.44. The van der Waals surface area contributed by atoms with Gasteiger partial charge in [-0.05, 0) is 37.6 Å². The number of halogens is 2. The molecular formula is C10H13ClFNO. The van der Waals surface area contributed by atoms with E-state index >= 15 is 0 Å². The van der Waals surface area contributed by atoms with Crippen molar-refractivity contribution in [2.75, 3.05) is 6.54 Å². The number of rotatable bonds is 3. The van der Waals surface area contributed by atoms with E-state index in [9.17, 15) is 9.50 Å². The monoisotopic (exact) mass is 217 g/mol. The van der Waals surface area contributed by atoms with Gasteiger partial charge in [0.15, 0.2) is 0 Å². The molecule has 0 radical (unpaired) electrons. The molecule has 1 unspecified atom stereocenters. The largest absolute Gasteiger partial charge is 0.388 e. The first-order chi connectivity index (χ1) is 6.56. The van der Waals surface area contributed by atoms with E-state index in [-0.39, 0.29) is 5.56 Å². The van der Waals surface area contributed by atoms with Gasteiger partial charge in [-0.3, -0.25) is 0 Å². The van der Waals surface area contributed by atoms with Crippen LogP contribution >= 0.6 is 11.6 Å². The van der Waals surface area contributed by atoms with Gasteiger partial charge in [0.25, 0.3) is 0 Å². The second-order valence-electron chi connectivity index (χ2n) is 3.22. The zero-order chi connectivity index (χ0) is 10.7. The molecule has 0 saturated carbocycles. The molecule has 78 valence electrons. The Bertz CT molecular complexity index is 330. The van der Waals surface area contributed by atoms with Crippen LogP contribution in [-0.2, 0) is 0 Å². The predicted molar refractivity (Wildman–Crippen MR) is 54.8 cm³/mol. The summed E-state index contributed by atoms with van der Waals surface area (Å²) < 4.78 is 13.5. The normalized spacial score (nSPS) is 12.9. The highest BCUT2D eigenvalue weighted by molar-refractivity contribution is 6.30. The Balaban J connectivity index is 3.07. The second kappa shape index (κ2) is 4.73. The minimum absolute atomic E-state index is 0.223. The fourth-order valence-corrected chi connectivity index (χ4v) is 1.59. The maximum absolute atomic E-state index is 13.5. The molecule has 2 nitrogen and oxygen atoms in total. The Morgan fingerprint density at radius 2 is 2.21 bits per heavy atom. The Labute approximate surface area is 87.5 Å². The molecule has 3 N–H and O–H groups in total. The average molecular weight is 218 g/mol. The van der Waals surface area contributed by atoms with E-state index < -0.39 is 11.9 Å². The van der Waals surface area contributed by atoms with Gasteiger partial charge in [0.2, 0.25) is 0 Å². The van der Waals surface area contributed by atoms with Crippen LogP contribution in [0.2, 0.25) is 5.02 Å². The predicted octanol–water partition coefficient (Wildman–Crippen LogP) is 2.17. The van der Waals surface area contributed by atoms with Crippen molar-refractivity contribution in [1.29, 1.82) is 0 Å². The number of aliphatic hydroxyl groups is 1. The lowest BCUT2D eigenvalue weighted by atomic mass is 10.0. The summed E-state index contributed by atoms with van der Waals surface area (Å²) in [5, 5.41) is 10.00. The van der Waals surface area contributed by atoms with E-state index in [1.54, 1.807) is 6.92 Å². The van der Waals surface area contributed by atoms with Gasteiger partial charge in [-0.15, -0.1) is 0 Å². The Morgan fingerprint density at radius 3 is 2.79 bits per heavy atom. The first kappa shape index (κ1) is 11.4. The van der Waals surface area contributed by atoms with Crippen LogP contribution in [0.5, 0.6) is 0 Å². The van der Waals surface area contributed by atoms with E-state index in [0.29, 0.717) is 23.6 Å². The molecule has 0 saturated heterocycles. The van der Waals surface area contributed by atoms with Crippen molar-refractivity contribution in [3.63, 3.8) is 0 Å². The van der Waals surface area contributed by atoms with Crippen LogP contribution in [0, 0.1) is 12.7 Å². The number of hydrogen-bond acceptors (Lipinski definition) is 2. The molecule has 0 bridgehead atoms. The van der Waals surface area contributed by atoms with Crippen LogP contribution in [0.3, 0.4) is 0 Å². The standard InChI is InChI=1S/C10H13ClFNO/c1-6-4-7(11)5-8(10(6)12)9(14)2-3-13/h4-5,9,14H,2-3,13H2,1H3. The summed E-state index contributed by atoms with van der Waals surface area (Å²) in [5.74, 6) is -0.407. The fraction of sp³-hybridized carbons (Fsp3) is 0.400. The lowest BCUT2D eigenvalue weighted by Gasteiger charge is -2.12. The van der Waals surface area contributed by atoms with Crippen molar-refractivity contribution in [3.05, 3.63) is 34.1 Å². The maximum Gasteiger partial charge on any atom is 0.132 e. The van der Waals surface area contributed by atoms with E-state index in [1.807, 2.05) is 0 Å². The van der Waals surface area contributed by atoms with E-state index in [0.717, 1.165) is 0 Å². The van der Waals surface area contributed by atoms with Crippen molar-refractivity contribution >= 4 is 11.6 Å². The molecule has 0 heterocycles. The summed E-state index contributed by atoms with van der Waals surface area (Å²) in [5.41, 5.74) is 5.93. The highest BCUT2D eigenvalue weighted by Crippen LogP contribution is 2.25. The molecule has 4 heteroatoms. The zero-order valence-corrected chi connectivity index (χ0v) is 8.68. The van der Waals surface area contributed by atoms with Gasteiger partial charge in [-0.1, -0.05) is 11.6 Å². The van der Waals surface area contributed by atoms with Crippen molar-refractivity contribution in [2.45, 2.75) is 19.4 Å². The highest BCUT2D eigenvalue weighted by atomic mass is 35.5. The molecule has 0 aliphatic rings. The van der Waals surface area contributed by atoms with Crippen molar-refractivity contribution in [3.8, 4) is 0 Å². The second-order valence-corrected chi connectivity index (χ2v) is 3.66. The van der Waals surface area contributed by atoms with Crippen LogP contribution in [0.1, 0.15) is 23.7 Å². The Morgan fingerprint density at radius 1 is 1.57 bits per heavy atom. The molecule has 1 aromatic carbocycles. The molecule has 1 aromatic rings. The summed E-state index contributed by atoms with van der Waals surface area (Å²) in [4.78, 5) is 0. The lowest BCUT2D eigenvalue weighted by Crippen LogP contribution is -2.09. The summed E-state index contributed by atoms with van der Waals surface area (Å²) >= 11 is 5.76. The quantitative estimate of drug-likeness (QED) is 0.815. The topological polar surface area (TPSA) is 46.2 Å². The molecule has 0 spiro atoms. The molecule has 0 aromatic heterocycles. The third-order valence-electron chi connectivity index (χ3n) is 2.05. The minimum atomic E-state index is -0.877. The minimum Gasteiger partial charge on any atom is -0.388 e. The van der Waals surface area contributed by atoms with Crippen LogP contribution in [-0.4, -0.2) is 11.7 Å². The first-order valence-corrected chi connectivity index (χ1v) is 4.77. The molecule has 0 aliphatic carbocycles. The van der Waals surface area contributed by atoms with Crippen molar-refractivity contribution in [1.82, 2.24) is 0 Å². The SMILES string of the molecule is Cc1cc(Cl)cc(C(O)CCN)c1F. The molecular weight excluding hydrogens is 205 g/mol. The van der Waals surface area contributed by atoms with Crippen LogP contribution < -0.4 is 5.73 Å². The number of aliphatic hydroxyl groups excluding tert-OH is 1. The fourth-order valence-electron chi connectivity index (χ4n) is 1.31. The van der Waals surface area contributed by atoms with E-state index in [1.165, 1.54) is 12.1 Å². The first-order valence-electron chi connectivity index (χ1n) is 4.40. The van der Waals surface area contributed by atoms with E-state index in [2.05, 4.69) is 0 Å². The number of nitrogens with two attached hydrogens (primary N) is 1. The van der Waals surface area contributed by atoms with Gasteiger partial charge in [0.1, 0.15) is 5.82 Å². The number of aryl methyl sites for hydroxylation is 1. The molecule has 1 atom stereocenters. The molecule has 1 rings (SSSR count). The Kier molecular flexibility index (Phi) is 3.86. The Hall–Kier alpha value is -0.640. The van der Waals surface area contributed by atoms with Gasteiger partial charge in [-0.2, -0.15) is 0 Å². The third-order valence-corrected chi connectivity index (χ3v) is 2.26. The van der Waals surface area contributed by atoms with Crippen LogP contribution in [0.4, 0.5) is 4.39 Å². The number of hydrogen-bond donors (Lipinski definition) is 2. The lowest BCUT2D eigenvalue weighted by molar-refractivity contribution is 0.165. The number of benzene rings is 1. The molecule has 14 heavy (non-hydrogen) atoms. The van der Waals surface area contributed by atoms with Gasteiger partial charge in [-0.25, -0.2) is 4.39 Å². The van der Waals surface area contributed by atoms with Crippen LogP contribution in [0.15, 0.2) is 12.1 Å². The molecule has 0 fully saturated rings. The smallest absolute Gasteiger partial charge is 0.132 e. The van der Waals surface area contributed by atoms with Gasteiger partial charge in [0, 0.05) is 10.6 Å².